The smallest absolute Gasteiger partial charge is 0.422 e. The van der Waals surface area contributed by atoms with Crippen molar-refractivity contribution < 1.29 is 32.2 Å². The van der Waals surface area contributed by atoms with Gasteiger partial charge in [-0.05, 0) is 36.2 Å². The third-order valence-corrected chi connectivity index (χ3v) is 4.13. The maximum absolute atomic E-state index is 12.3. The average Bonchev–Trinajstić information content (AvgIpc) is 3.08. The van der Waals surface area contributed by atoms with Crippen LogP contribution in [0.3, 0.4) is 0 Å². The van der Waals surface area contributed by atoms with E-state index in [0.717, 1.165) is 5.56 Å². The van der Waals surface area contributed by atoms with Gasteiger partial charge in [0.15, 0.2) is 24.7 Å². The van der Waals surface area contributed by atoms with E-state index in [2.05, 4.69) is 5.32 Å². The molecule has 3 amide bonds. The highest BCUT2D eigenvalue weighted by molar-refractivity contribution is 5.96. The molecule has 7 nitrogen and oxygen atoms in total. The van der Waals surface area contributed by atoms with Crippen molar-refractivity contribution in [3.63, 3.8) is 0 Å². The molecule has 1 aliphatic heterocycles. The summed E-state index contributed by atoms with van der Waals surface area (Å²) in [7, 11) is 0. The van der Waals surface area contributed by atoms with Gasteiger partial charge in [0.1, 0.15) is 0 Å². The number of anilines is 2. The minimum Gasteiger partial charge on any atom is -0.480 e. The molecule has 0 radical (unpaired) electrons. The maximum Gasteiger partial charge on any atom is 0.422 e. The van der Waals surface area contributed by atoms with Crippen LogP contribution < -0.4 is 25.4 Å². The number of ether oxygens (including phenoxy) is 2. The number of carbonyl (C=O) groups is 2. The van der Waals surface area contributed by atoms with Gasteiger partial charge >= 0.3 is 12.2 Å². The molecule has 0 spiro atoms. The molecule has 3 N–H and O–H groups in total. The number of nitrogens with zero attached hydrogens (tertiary/aromatic N) is 1. The lowest BCUT2D eigenvalue weighted by atomic mass is 10.1. The Kier molecular flexibility index (Phi) is 5.81. The molecular weight excluding hydrogens is 391 g/mol. The summed E-state index contributed by atoms with van der Waals surface area (Å²) < 4.78 is 47.0. The number of hydrogen-bond acceptors (Lipinski definition) is 4. The van der Waals surface area contributed by atoms with Crippen LogP contribution in [-0.4, -0.2) is 37.9 Å². The third kappa shape index (κ3) is 5.31. The Morgan fingerprint density at radius 2 is 1.79 bits per heavy atom. The van der Waals surface area contributed by atoms with E-state index < -0.39 is 31.3 Å². The zero-order valence-corrected chi connectivity index (χ0v) is 15.2. The van der Waals surface area contributed by atoms with Gasteiger partial charge < -0.3 is 20.5 Å². The van der Waals surface area contributed by atoms with Crippen LogP contribution in [0.2, 0.25) is 0 Å². The Morgan fingerprint density at radius 3 is 2.45 bits per heavy atom. The lowest BCUT2D eigenvalue weighted by Gasteiger charge is -2.16. The quantitative estimate of drug-likeness (QED) is 0.767. The number of primary amides is 1. The monoisotopic (exact) mass is 409 g/mol. The molecule has 10 heteroatoms. The first kappa shape index (κ1) is 20.3. The lowest BCUT2D eigenvalue weighted by molar-refractivity contribution is -0.153. The first-order valence-corrected chi connectivity index (χ1v) is 8.64. The molecule has 1 aliphatic rings. The van der Waals surface area contributed by atoms with Gasteiger partial charge in [-0.15, -0.1) is 0 Å². The second kappa shape index (κ2) is 8.29. The third-order valence-electron chi connectivity index (χ3n) is 4.13. The van der Waals surface area contributed by atoms with Crippen molar-refractivity contribution in [1.29, 1.82) is 0 Å². The summed E-state index contributed by atoms with van der Waals surface area (Å²) in [5.41, 5.74) is 7.34. The van der Waals surface area contributed by atoms with E-state index in [0.29, 0.717) is 24.3 Å². The van der Waals surface area contributed by atoms with E-state index in [-0.39, 0.29) is 11.5 Å². The van der Waals surface area contributed by atoms with Crippen molar-refractivity contribution in [3.05, 3.63) is 48.0 Å². The molecule has 3 rings (SSSR count). The van der Waals surface area contributed by atoms with Crippen LogP contribution in [0.15, 0.2) is 42.5 Å². The van der Waals surface area contributed by atoms with Crippen LogP contribution >= 0.6 is 0 Å². The van der Waals surface area contributed by atoms with E-state index >= 15 is 0 Å². The topological polar surface area (TPSA) is 93.9 Å². The first-order chi connectivity index (χ1) is 13.7. The van der Waals surface area contributed by atoms with Crippen molar-refractivity contribution in [2.75, 3.05) is 30.0 Å². The molecule has 0 aromatic heterocycles. The van der Waals surface area contributed by atoms with Crippen molar-refractivity contribution in [2.24, 2.45) is 5.73 Å². The number of nitrogens with one attached hydrogen (secondary N) is 1. The number of halogens is 3. The number of alkyl halides is 3. The minimum atomic E-state index is -4.49. The predicted octanol–water partition coefficient (Wildman–Crippen LogP) is 3.09. The summed E-state index contributed by atoms with van der Waals surface area (Å²) in [5.74, 6) is -0.632. The summed E-state index contributed by atoms with van der Waals surface area (Å²) in [6, 6.07) is 10.3. The van der Waals surface area contributed by atoms with E-state index in [9.17, 15) is 22.8 Å². The standard InChI is InChI=1S/C19H18F3N3O4/c20-19(21,22)11-29-16-4-2-1-3-15(16)28-10-17(26)24-13-6-5-12-7-8-25(18(23)27)14(12)9-13/h1-6,9H,7-8,10-11H2,(H2,23,27)(H,24,26). The van der Waals surface area contributed by atoms with Gasteiger partial charge in [-0.2, -0.15) is 13.2 Å². The number of hydrogen-bond donors (Lipinski definition) is 2. The maximum atomic E-state index is 12.3. The number of rotatable bonds is 6. The Hall–Kier alpha value is -3.43. The van der Waals surface area contributed by atoms with Crippen LogP contribution in [0.25, 0.3) is 0 Å². The van der Waals surface area contributed by atoms with Gasteiger partial charge in [-0.3, -0.25) is 9.69 Å². The number of amides is 3. The summed E-state index contributed by atoms with van der Waals surface area (Å²) in [6.45, 7) is -1.44. The van der Waals surface area contributed by atoms with E-state index in [1.807, 2.05) is 0 Å². The second-order valence-corrected chi connectivity index (χ2v) is 6.27. The molecule has 1 heterocycles. The van der Waals surface area contributed by atoms with Gasteiger partial charge in [0, 0.05) is 12.2 Å². The van der Waals surface area contributed by atoms with Gasteiger partial charge in [-0.1, -0.05) is 18.2 Å². The zero-order valence-electron chi connectivity index (χ0n) is 15.2. The number of benzene rings is 2. The molecule has 0 bridgehead atoms. The van der Waals surface area contributed by atoms with Gasteiger partial charge in [0.25, 0.3) is 5.91 Å². The molecule has 154 valence electrons. The van der Waals surface area contributed by atoms with Crippen LogP contribution in [0.4, 0.5) is 29.3 Å². The summed E-state index contributed by atoms with van der Waals surface area (Å²) in [5, 5.41) is 2.61. The fourth-order valence-electron chi connectivity index (χ4n) is 2.87. The van der Waals surface area contributed by atoms with Crippen molar-refractivity contribution in [2.45, 2.75) is 12.6 Å². The average molecular weight is 409 g/mol. The Bertz CT molecular complexity index is 918. The Morgan fingerprint density at radius 1 is 1.10 bits per heavy atom. The zero-order chi connectivity index (χ0) is 21.0. The highest BCUT2D eigenvalue weighted by Crippen LogP contribution is 2.31. The highest BCUT2D eigenvalue weighted by atomic mass is 19.4. The molecule has 0 atom stereocenters. The lowest BCUT2D eigenvalue weighted by Crippen LogP contribution is -2.34. The Labute approximate surface area is 164 Å². The van der Waals surface area contributed by atoms with E-state index in [1.54, 1.807) is 24.3 Å². The molecule has 2 aromatic carbocycles. The van der Waals surface area contributed by atoms with Gasteiger partial charge in [0.2, 0.25) is 0 Å². The van der Waals surface area contributed by atoms with Gasteiger partial charge in [0.05, 0.1) is 5.69 Å². The fourth-order valence-corrected chi connectivity index (χ4v) is 2.87. The highest BCUT2D eigenvalue weighted by Gasteiger charge is 2.29. The number of para-hydroxylation sites is 2. The number of carbonyl (C=O) groups excluding carboxylic acids is 2. The van der Waals surface area contributed by atoms with E-state index in [1.165, 1.54) is 23.1 Å². The molecule has 0 fully saturated rings. The van der Waals surface area contributed by atoms with Crippen LogP contribution in [0.1, 0.15) is 5.56 Å². The van der Waals surface area contributed by atoms with Crippen LogP contribution in [0.5, 0.6) is 11.5 Å². The molecule has 2 aromatic rings. The minimum absolute atomic E-state index is 0.0146. The second-order valence-electron chi connectivity index (χ2n) is 6.27. The number of nitrogens with two attached hydrogens (primary N) is 1. The molecule has 29 heavy (non-hydrogen) atoms. The predicted molar refractivity (Wildman–Crippen MR) is 99.2 cm³/mol. The van der Waals surface area contributed by atoms with E-state index in [4.69, 9.17) is 15.2 Å². The summed E-state index contributed by atoms with van der Waals surface area (Å²) >= 11 is 0. The molecule has 0 unspecified atom stereocenters. The van der Waals surface area contributed by atoms with Crippen molar-refractivity contribution in [1.82, 2.24) is 0 Å². The number of urea groups is 1. The van der Waals surface area contributed by atoms with Crippen LogP contribution in [0, 0.1) is 0 Å². The fraction of sp³-hybridized carbons (Fsp3) is 0.263. The Balaban J connectivity index is 1.60. The summed E-state index contributed by atoms with van der Waals surface area (Å²) in [4.78, 5) is 25.0. The van der Waals surface area contributed by atoms with Crippen molar-refractivity contribution >= 4 is 23.3 Å². The van der Waals surface area contributed by atoms with Gasteiger partial charge in [-0.25, -0.2) is 4.79 Å². The molecule has 0 aliphatic carbocycles. The normalized spacial score (nSPS) is 13.0. The SMILES string of the molecule is NC(=O)N1CCc2ccc(NC(=O)COc3ccccc3OCC(F)(F)F)cc21. The largest absolute Gasteiger partial charge is 0.480 e. The van der Waals surface area contributed by atoms with Crippen LogP contribution in [-0.2, 0) is 11.2 Å². The first-order valence-electron chi connectivity index (χ1n) is 8.64. The number of fused-ring (bicyclic) bond motifs is 1. The molecule has 0 saturated heterocycles. The van der Waals surface area contributed by atoms with Crippen molar-refractivity contribution in [3.8, 4) is 11.5 Å². The molecule has 0 saturated carbocycles. The molecular formula is C19H18F3N3O4. The summed E-state index contributed by atoms with van der Waals surface area (Å²) in [6.07, 6.45) is -3.82.